The Kier molecular flexibility index (Phi) is 3.92. The molecule has 0 amide bonds. The van der Waals surface area contributed by atoms with E-state index >= 15 is 0 Å². The molecule has 1 fully saturated rings. The zero-order chi connectivity index (χ0) is 12.4. The molecule has 1 unspecified atom stereocenters. The Morgan fingerprint density at radius 1 is 1.47 bits per heavy atom. The number of aryl methyl sites for hydroxylation is 1. The lowest BCUT2D eigenvalue weighted by molar-refractivity contribution is 0.262. The van der Waals surface area contributed by atoms with Gasteiger partial charge in [0.1, 0.15) is 5.75 Å². The van der Waals surface area contributed by atoms with E-state index in [0.717, 1.165) is 35.0 Å². The van der Waals surface area contributed by atoms with Gasteiger partial charge in [-0.3, -0.25) is 0 Å². The molecule has 1 heterocycles. The van der Waals surface area contributed by atoms with Crippen molar-refractivity contribution >= 4 is 11.6 Å². The van der Waals surface area contributed by atoms with Gasteiger partial charge in [-0.2, -0.15) is 0 Å². The highest BCUT2D eigenvalue weighted by Gasteiger charge is 2.29. The summed E-state index contributed by atoms with van der Waals surface area (Å²) >= 11 is 6.15. The van der Waals surface area contributed by atoms with Crippen molar-refractivity contribution in [3.05, 3.63) is 28.3 Å². The zero-order valence-corrected chi connectivity index (χ0v) is 11.3. The fourth-order valence-corrected chi connectivity index (χ4v) is 2.74. The molecule has 0 saturated carbocycles. The van der Waals surface area contributed by atoms with E-state index in [0.29, 0.717) is 12.0 Å². The second kappa shape index (κ2) is 5.25. The largest absolute Gasteiger partial charge is 0.496 e. The minimum absolute atomic E-state index is 0.295. The van der Waals surface area contributed by atoms with Crippen LogP contribution in [0.2, 0.25) is 5.02 Å². The average Bonchev–Trinajstić information content (AvgIpc) is 2.22. The minimum atomic E-state index is 0.295. The molecule has 1 aromatic rings. The number of benzene rings is 1. The Bertz CT molecular complexity index is 405. The predicted octanol–water partition coefficient (Wildman–Crippen LogP) is 2.14. The number of hydrogen-bond acceptors (Lipinski definition) is 3. The van der Waals surface area contributed by atoms with Crippen LogP contribution in [-0.2, 0) is 0 Å². The van der Waals surface area contributed by atoms with Gasteiger partial charge in [0.05, 0.1) is 7.11 Å². The summed E-state index contributed by atoms with van der Waals surface area (Å²) in [5.74, 6) is 1.55. The van der Waals surface area contributed by atoms with E-state index in [1.807, 2.05) is 26.1 Å². The first kappa shape index (κ1) is 12.7. The highest BCUT2D eigenvalue weighted by atomic mass is 35.5. The maximum absolute atomic E-state index is 6.15. The van der Waals surface area contributed by atoms with Gasteiger partial charge in [0.25, 0.3) is 0 Å². The van der Waals surface area contributed by atoms with Crippen LogP contribution < -0.4 is 15.4 Å². The SMILES string of the molecule is CNC(c1cc(Cl)cc(C)c1OC)C1CNC1. The second-order valence-electron chi connectivity index (χ2n) is 4.53. The summed E-state index contributed by atoms with van der Waals surface area (Å²) in [6.45, 7) is 4.11. The van der Waals surface area contributed by atoms with E-state index in [-0.39, 0.29) is 0 Å². The zero-order valence-electron chi connectivity index (χ0n) is 10.5. The number of rotatable bonds is 4. The van der Waals surface area contributed by atoms with Crippen LogP contribution in [0.15, 0.2) is 12.1 Å². The van der Waals surface area contributed by atoms with E-state index < -0.39 is 0 Å². The van der Waals surface area contributed by atoms with Crippen LogP contribution in [0.1, 0.15) is 17.2 Å². The summed E-state index contributed by atoms with van der Waals surface area (Å²) in [6, 6.07) is 4.24. The lowest BCUT2D eigenvalue weighted by Gasteiger charge is -2.35. The quantitative estimate of drug-likeness (QED) is 0.864. The molecule has 3 nitrogen and oxygen atoms in total. The molecule has 1 aromatic carbocycles. The van der Waals surface area contributed by atoms with Crippen LogP contribution in [0.4, 0.5) is 0 Å². The summed E-state index contributed by atoms with van der Waals surface area (Å²) < 4.78 is 5.51. The summed E-state index contributed by atoms with van der Waals surface area (Å²) in [4.78, 5) is 0. The first-order chi connectivity index (χ1) is 8.17. The van der Waals surface area contributed by atoms with Crippen LogP contribution in [0, 0.1) is 12.8 Å². The summed E-state index contributed by atoms with van der Waals surface area (Å²) in [5, 5.41) is 7.44. The maximum atomic E-state index is 6.15. The molecule has 94 valence electrons. The number of hydrogen-bond donors (Lipinski definition) is 2. The molecule has 1 aliphatic rings. The van der Waals surface area contributed by atoms with Gasteiger partial charge in [-0.05, 0) is 31.7 Å². The van der Waals surface area contributed by atoms with Gasteiger partial charge in [-0.1, -0.05) is 11.6 Å². The number of halogens is 1. The van der Waals surface area contributed by atoms with Crippen molar-refractivity contribution in [2.24, 2.45) is 5.92 Å². The summed E-state index contributed by atoms with van der Waals surface area (Å²) in [7, 11) is 3.70. The summed E-state index contributed by atoms with van der Waals surface area (Å²) in [5.41, 5.74) is 2.24. The molecule has 0 aliphatic carbocycles. The second-order valence-corrected chi connectivity index (χ2v) is 4.97. The third-order valence-corrected chi connectivity index (χ3v) is 3.62. The standard InChI is InChI=1S/C13H19ClN2O/c1-8-4-10(14)5-11(13(8)17-3)12(15-2)9-6-16-7-9/h4-5,9,12,15-16H,6-7H2,1-3H3. The van der Waals surface area contributed by atoms with Gasteiger partial charge in [-0.15, -0.1) is 0 Å². The molecular formula is C13H19ClN2O. The van der Waals surface area contributed by atoms with E-state index in [9.17, 15) is 0 Å². The molecule has 0 aromatic heterocycles. The van der Waals surface area contributed by atoms with Crippen molar-refractivity contribution in [1.82, 2.24) is 10.6 Å². The summed E-state index contributed by atoms with van der Waals surface area (Å²) in [6.07, 6.45) is 0. The highest BCUT2D eigenvalue weighted by Crippen LogP contribution is 2.36. The van der Waals surface area contributed by atoms with E-state index in [2.05, 4.69) is 10.6 Å². The van der Waals surface area contributed by atoms with Gasteiger partial charge >= 0.3 is 0 Å². The molecule has 2 N–H and O–H groups in total. The molecule has 2 rings (SSSR count). The molecule has 0 spiro atoms. The van der Waals surface area contributed by atoms with Gasteiger partial charge in [0.15, 0.2) is 0 Å². The lowest BCUT2D eigenvalue weighted by atomic mass is 9.87. The third-order valence-electron chi connectivity index (χ3n) is 3.40. The van der Waals surface area contributed by atoms with Crippen molar-refractivity contribution in [3.63, 3.8) is 0 Å². The normalized spacial score (nSPS) is 17.6. The van der Waals surface area contributed by atoms with E-state index in [4.69, 9.17) is 16.3 Å². The van der Waals surface area contributed by atoms with Gasteiger partial charge in [-0.25, -0.2) is 0 Å². The number of methoxy groups -OCH3 is 1. The van der Waals surface area contributed by atoms with Crippen LogP contribution in [-0.4, -0.2) is 27.2 Å². The monoisotopic (exact) mass is 254 g/mol. The topological polar surface area (TPSA) is 33.3 Å². The Morgan fingerprint density at radius 3 is 2.65 bits per heavy atom. The fraction of sp³-hybridized carbons (Fsp3) is 0.538. The van der Waals surface area contributed by atoms with Crippen LogP contribution in [0.3, 0.4) is 0 Å². The van der Waals surface area contributed by atoms with E-state index in [1.165, 1.54) is 0 Å². The van der Waals surface area contributed by atoms with E-state index in [1.54, 1.807) is 7.11 Å². The van der Waals surface area contributed by atoms with Gasteiger partial charge in [0.2, 0.25) is 0 Å². The Hall–Kier alpha value is -0.770. The van der Waals surface area contributed by atoms with Gasteiger partial charge < -0.3 is 15.4 Å². The first-order valence-corrected chi connectivity index (χ1v) is 6.27. The number of ether oxygens (including phenoxy) is 1. The minimum Gasteiger partial charge on any atom is -0.496 e. The molecule has 1 aliphatic heterocycles. The van der Waals surface area contributed by atoms with Crippen molar-refractivity contribution in [2.75, 3.05) is 27.2 Å². The smallest absolute Gasteiger partial charge is 0.126 e. The molecule has 1 saturated heterocycles. The Labute approximate surface area is 107 Å². The predicted molar refractivity (Wildman–Crippen MR) is 70.9 cm³/mol. The first-order valence-electron chi connectivity index (χ1n) is 5.89. The Balaban J connectivity index is 2.40. The highest BCUT2D eigenvalue weighted by molar-refractivity contribution is 6.30. The van der Waals surface area contributed by atoms with Crippen molar-refractivity contribution < 1.29 is 4.74 Å². The van der Waals surface area contributed by atoms with Crippen LogP contribution in [0.5, 0.6) is 5.75 Å². The molecule has 17 heavy (non-hydrogen) atoms. The molecule has 0 bridgehead atoms. The maximum Gasteiger partial charge on any atom is 0.126 e. The fourth-order valence-electron chi connectivity index (χ4n) is 2.46. The number of nitrogens with one attached hydrogen (secondary N) is 2. The average molecular weight is 255 g/mol. The van der Waals surface area contributed by atoms with Crippen LogP contribution >= 0.6 is 11.6 Å². The van der Waals surface area contributed by atoms with Crippen LogP contribution in [0.25, 0.3) is 0 Å². The van der Waals surface area contributed by atoms with Crippen molar-refractivity contribution in [2.45, 2.75) is 13.0 Å². The lowest BCUT2D eigenvalue weighted by Crippen LogP contribution is -2.48. The third kappa shape index (κ3) is 2.41. The molecular weight excluding hydrogens is 236 g/mol. The van der Waals surface area contributed by atoms with Gasteiger partial charge in [0, 0.05) is 35.6 Å². The molecule has 1 atom stereocenters. The van der Waals surface area contributed by atoms with Crippen molar-refractivity contribution in [1.29, 1.82) is 0 Å². The van der Waals surface area contributed by atoms with Crippen molar-refractivity contribution in [3.8, 4) is 5.75 Å². The molecule has 4 heteroatoms. The Morgan fingerprint density at radius 2 is 2.18 bits per heavy atom. The molecule has 0 radical (unpaired) electrons.